The predicted molar refractivity (Wildman–Crippen MR) is 95.5 cm³/mol. The first kappa shape index (κ1) is 17.3. The van der Waals surface area contributed by atoms with E-state index in [-0.39, 0.29) is 18.9 Å². The molecule has 0 bridgehead atoms. The SMILES string of the molecule is Cc1ncc(CO[P+](=O)Oc2cccc3ccccc23)c(CN)c1O. The maximum atomic E-state index is 12.2. The Labute approximate surface area is 146 Å². The number of aryl methyl sites for hydroxylation is 1. The average Bonchev–Trinajstić information content (AvgIpc) is 2.63. The van der Waals surface area contributed by atoms with Crippen LogP contribution in [0.25, 0.3) is 10.8 Å². The van der Waals surface area contributed by atoms with Crippen LogP contribution in [0.3, 0.4) is 0 Å². The van der Waals surface area contributed by atoms with E-state index in [1.807, 2.05) is 36.4 Å². The number of nitrogens with two attached hydrogens (primary N) is 1. The molecule has 0 amide bonds. The zero-order valence-electron chi connectivity index (χ0n) is 13.7. The van der Waals surface area contributed by atoms with Crippen molar-refractivity contribution in [1.82, 2.24) is 4.98 Å². The van der Waals surface area contributed by atoms with E-state index < -0.39 is 8.25 Å². The van der Waals surface area contributed by atoms with Gasteiger partial charge in [0.25, 0.3) is 0 Å². The molecule has 2 aromatic carbocycles. The fourth-order valence-corrected chi connectivity index (χ4v) is 3.16. The van der Waals surface area contributed by atoms with Crippen LogP contribution < -0.4 is 10.3 Å². The summed E-state index contributed by atoms with van der Waals surface area (Å²) in [7, 11) is -2.39. The first-order valence-electron chi connectivity index (χ1n) is 7.72. The van der Waals surface area contributed by atoms with Crippen LogP contribution in [0, 0.1) is 6.92 Å². The number of nitrogens with zero attached hydrogens (tertiary/aromatic N) is 1. The molecule has 0 aliphatic carbocycles. The topological polar surface area (TPSA) is 94.7 Å². The molecule has 0 spiro atoms. The van der Waals surface area contributed by atoms with Gasteiger partial charge in [-0.1, -0.05) is 36.4 Å². The number of aromatic hydroxyl groups is 1. The number of benzene rings is 2. The molecule has 1 atom stereocenters. The van der Waals surface area contributed by atoms with Gasteiger partial charge in [0.05, 0.1) is 5.69 Å². The molecule has 3 aromatic rings. The molecule has 1 heterocycles. The number of rotatable bonds is 6. The lowest BCUT2D eigenvalue weighted by Crippen LogP contribution is -2.05. The van der Waals surface area contributed by atoms with Gasteiger partial charge in [0.15, 0.2) is 5.75 Å². The molecule has 1 unspecified atom stereocenters. The third-order valence-electron chi connectivity index (χ3n) is 3.88. The smallest absolute Gasteiger partial charge is 0.506 e. The van der Waals surface area contributed by atoms with Crippen LogP contribution in [0.4, 0.5) is 0 Å². The van der Waals surface area contributed by atoms with Crippen LogP contribution >= 0.6 is 8.25 Å². The lowest BCUT2D eigenvalue weighted by Gasteiger charge is -2.08. The second-order valence-electron chi connectivity index (χ2n) is 5.47. The number of hydrogen-bond acceptors (Lipinski definition) is 6. The number of hydrogen-bond donors (Lipinski definition) is 2. The van der Waals surface area contributed by atoms with Crippen molar-refractivity contribution in [2.24, 2.45) is 5.73 Å². The third-order valence-corrected chi connectivity index (χ3v) is 4.57. The molecule has 7 heteroatoms. The van der Waals surface area contributed by atoms with Gasteiger partial charge in [-0.2, -0.15) is 0 Å². The highest BCUT2D eigenvalue weighted by Gasteiger charge is 2.25. The summed E-state index contributed by atoms with van der Waals surface area (Å²) in [5.74, 6) is 0.525. The number of fused-ring (bicyclic) bond motifs is 1. The minimum atomic E-state index is -2.39. The highest BCUT2D eigenvalue weighted by atomic mass is 31.1. The Hall–Kier alpha value is -2.53. The molecule has 0 fully saturated rings. The van der Waals surface area contributed by atoms with Gasteiger partial charge in [0.2, 0.25) is 0 Å². The van der Waals surface area contributed by atoms with Crippen LogP contribution in [0.2, 0.25) is 0 Å². The summed E-state index contributed by atoms with van der Waals surface area (Å²) in [5.41, 5.74) is 7.26. The van der Waals surface area contributed by atoms with E-state index in [2.05, 4.69) is 4.98 Å². The standard InChI is InChI=1S/C18H17N2O4P/c1-12-18(21)16(9-19)14(10-20-12)11-23-25(22)24-17-8-4-6-13-5-2-3-7-15(13)17/h2-8,10H,9,11,19H2,1H3/p+1. The summed E-state index contributed by atoms with van der Waals surface area (Å²) < 4.78 is 22.9. The first-order chi connectivity index (χ1) is 12.1. The van der Waals surface area contributed by atoms with Crippen molar-refractivity contribution in [3.63, 3.8) is 0 Å². The quantitative estimate of drug-likeness (QED) is 0.649. The minimum Gasteiger partial charge on any atom is -0.506 e. The third kappa shape index (κ3) is 3.77. The molecule has 0 saturated carbocycles. The number of aromatic nitrogens is 1. The Kier molecular flexibility index (Phi) is 5.24. The Bertz CT molecular complexity index is 925. The van der Waals surface area contributed by atoms with Crippen molar-refractivity contribution in [2.45, 2.75) is 20.1 Å². The maximum Gasteiger partial charge on any atom is 0.750 e. The molecule has 128 valence electrons. The van der Waals surface area contributed by atoms with Gasteiger partial charge < -0.3 is 10.8 Å². The Balaban J connectivity index is 1.72. The lowest BCUT2D eigenvalue weighted by molar-refractivity contribution is 0.275. The lowest BCUT2D eigenvalue weighted by atomic mass is 10.1. The van der Waals surface area contributed by atoms with Gasteiger partial charge >= 0.3 is 8.25 Å². The van der Waals surface area contributed by atoms with E-state index in [0.717, 1.165) is 10.8 Å². The minimum absolute atomic E-state index is 0.0205. The molecule has 0 saturated heterocycles. The van der Waals surface area contributed by atoms with Crippen molar-refractivity contribution >= 4 is 19.0 Å². The van der Waals surface area contributed by atoms with Crippen molar-refractivity contribution in [3.8, 4) is 11.5 Å². The van der Waals surface area contributed by atoms with Crippen molar-refractivity contribution in [3.05, 3.63) is 65.5 Å². The second kappa shape index (κ2) is 7.57. The highest BCUT2D eigenvalue weighted by molar-refractivity contribution is 7.33. The fourth-order valence-electron chi connectivity index (χ4n) is 2.54. The summed E-state index contributed by atoms with van der Waals surface area (Å²) in [4.78, 5) is 4.07. The van der Waals surface area contributed by atoms with Crippen LogP contribution in [-0.4, -0.2) is 10.1 Å². The molecule has 6 nitrogen and oxygen atoms in total. The van der Waals surface area contributed by atoms with Crippen LogP contribution in [0.5, 0.6) is 11.5 Å². The van der Waals surface area contributed by atoms with E-state index >= 15 is 0 Å². The predicted octanol–water partition coefficient (Wildman–Crippen LogP) is 3.96. The first-order valence-corrected chi connectivity index (χ1v) is 8.82. The Morgan fingerprint density at radius 2 is 1.96 bits per heavy atom. The van der Waals surface area contributed by atoms with Gasteiger partial charge in [-0.15, -0.1) is 4.52 Å². The number of pyridine rings is 1. The van der Waals surface area contributed by atoms with Crippen molar-refractivity contribution in [2.75, 3.05) is 0 Å². The molecule has 1 aromatic heterocycles. The summed E-state index contributed by atoms with van der Waals surface area (Å²) in [6.45, 7) is 1.80. The van der Waals surface area contributed by atoms with Gasteiger partial charge in [-0.05, 0) is 18.4 Å². The van der Waals surface area contributed by atoms with E-state index in [1.54, 1.807) is 19.2 Å². The van der Waals surface area contributed by atoms with Crippen LogP contribution in [0.1, 0.15) is 16.8 Å². The normalized spacial score (nSPS) is 11.5. The zero-order chi connectivity index (χ0) is 17.8. The average molecular weight is 357 g/mol. The van der Waals surface area contributed by atoms with Crippen molar-refractivity contribution < 1.29 is 18.7 Å². The van der Waals surface area contributed by atoms with E-state index in [4.69, 9.17) is 14.8 Å². The van der Waals surface area contributed by atoms with E-state index in [9.17, 15) is 9.67 Å². The molecule has 0 aliphatic rings. The molecular formula is C18H18N2O4P+. The fraction of sp³-hybridized carbons (Fsp3) is 0.167. The molecule has 3 rings (SSSR count). The monoisotopic (exact) mass is 357 g/mol. The molecule has 25 heavy (non-hydrogen) atoms. The highest BCUT2D eigenvalue weighted by Crippen LogP contribution is 2.35. The summed E-state index contributed by atoms with van der Waals surface area (Å²) in [6.07, 6.45) is 1.55. The Morgan fingerprint density at radius 3 is 2.76 bits per heavy atom. The van der Waals surface area contributed by atoms with Crippen molar-refractivity contribution in [1.29, 1.82) is 0 Å². The van der Waals surface area contributed by atoms with Gasteiger partial charge in [0, 0.05) is 33.8 Å². The van der Waals surface area contributed by atoms with Crippen LogP contribution in [0.15, 0.2) is 48.7 Å². The summed E-state index contributed by atoms with van der Waals surface area (Å²) >= 11 is 0. The van der Waals surface area contributed by atoms with Crippen LogP contribution in [-0.2, 0) is 22.2 Å². The largest absolute Gasteiger partial charge is 0.750 e. The Morgan fingerprint density at radius 1 is 1.20 bits per heavy atom. The van der Waals surface area contributed by atoms with E-state index in [1.165, 1.54) is 0 Å². The second-order valence-corrected chi connectivity index (χ2v) is 6.35. The summed E-state index contributed by atoms with van der Waals surface area (Å²) in [6, 6.07) is 13.2. The maximum absolute atomic E-state index is 12.2. The van der Waals surface area contributed by atoms with Gasteiger partial charge in [-0.3, -0.25) is 4.98 Å². The van der Waals surface area contributed by atoms with E-state index in [0.29, 0.717) is 22.6 Å². The van der Waals surface area contributed by atoms with Gasteiger partial charge in [0.1, 0.15) is 12.4 Å². The molecule has 0 aliphatic heterocycles. The zero-order valence-corrected chi connectivity index (χ0v) is 14.6. The molecular weight excluding hydrogens is 339 g/mol. The summed E-state index contributed by atoms with van der Waals surface area (Å²) in [5, 5.41) is 11.8. The molecule has 0 radical (unpaired) electrons. The molecule has 3 N–H and O–H groups in total. The van der Waals surface area contributed by atoms with Gasteiger partial charge in [-0.25, -0.2) is 4.52 Å².